The first-order valence-electron chi connectivity index (χ1n) is 6.25. The van der Waals surface area contributed by atoms with Crippen molar-refractivity contribution >= 4 is 10.8 Å². The van der Waals surface area contributed by atoms with E-state index in [9.17, 15) is 5.11 Å². The zero-order chi connectivity index (χ0) is 13.1. The number of nitrogens with zero attached hydrogens (tertiary/aromatic N) is 2. The zero-order valence-corrected chi connectivity index (χ0v) is 10.4. The van der Waals surface area contributed by atoms with Crippen LogP contribution in [0.15, 0.2) is 61.1 Å². The van der Waals surface area contributed by atoms with Crippen LogP contribution in [0.1, 0.15) is 17.4 Å². The molecule has 3 rings (SSSR count). The van der Waals surface area contributed by atoms with E-state index in [4.69, 9.17) is 0 Å². The standard InChI is InChI=1S/C16H14N2O/c19-16(10-13-5-1-2-8-18-13)15-6-3-4-12-11-17-9-7-14(12)15/h1-9,11,16,19H,10H2. The highest BCUT2D eigenvalue weighted by atomic mass is 16.3. The van der Waals surface area contributed by atoms with Crippen molar-refractivity contribution in [3.63, 3.8) is 0 Å². The van der Waals surface area contributed by atoms with Gasteiger partial charge in [0, 0.05) is 36.1 Å². The molecule has 0 aliphatic rings. The number of benzene rings is 1. The van der Waals surface area contributed by atoms with Gasteiger partial charge in [0.2, 0.25) is 0 Å². The normalized spacial score (nSPS) is 12.5. The van der Waals surface area contributed by atoms with Crippen LogP contribution >= 0.6 is 0 Å². The summed E-state index contributed by atoms with van der Waals surface area (Å²) in [6.07, 6.45) is 5.27. The van der Waals surface area contributed by atoms with Crippen molar-refractivity contribution in [1.29, 1.82) is 0 Å². The molecular formula is C16H14N2O. The fourth-order valence-corrected chi connectivity index (χ4v) is 2.27. The molecule has 0 saturated carbocycles. The summed E-state index contributed by atoms with van der Waals surface area (Å²) in [6.45, 7) is 0. The number of pyridine rings is 2. The summed E-state index contributed by atoms with van der Waals surface area (Å²) in [5.41, 5.74) is 1.81. The Balaban J connectivity index is 1.96. The molecule has 2 heterocycles. The Morgan fingerprint density at radius 2 is 1.95 bits per heavy atom. The third-order valence-corrected chi connectivity index (χ3v) is 3.20. The van der Waals surface area contributed by atoms with E-state index in [-0.39, 0.29) is 0 Å². The van der Waals surface area contributed by atoms with Gasteiger partial charge in [-0.3, -0.25) is 9.97 Å². The molecule has 3 aromatic rings. The minimum absolute atomic E-state index is 0.516. The Labute approximate surface area is 111 Å². The van der Waals surface area contributed by atoms with Gasteiger partial charge >= 0.3 is 0 Å². The van der Waals surface area contributed by atoms with Gasteiger partial charge in [-0.15, -0.1) is 0 Å². The lowest BCUT2D eigenvalue weighted by molar-refractivity contribution is 0.179. The van der Waals surface area contributed by atoms with E-state index in [0.717, 1.165) is 22.0 Å². The van der Waals surface area contributed by atoms with Crippen molar-refractivity contribution in [2.75, 3.05) is 0 Å². The first-order valence-corrected chi connectivity index (χ1v) is 6.25. The van der Waals surface area contributed by atoms with Crippen molar-refractivity contribution in [2.24, 2.45) is 0 Å². The summed E-state index contributed by atoms with van der Waals surface area (Å²) in [5, 5.41) is 12.5. The van der Waals surface area contributed by atoms with Crippen LogP contribution in [0.25, 0.3) is 10.8 Å². The van der Waals surface area contributed by atoms with Gasteiger partial charge in [-0.2, -0.15) is 0 Å². The van der Waals surface area contributed by atoms with Crippen LogP contribution in [0.3, 0.4) is 0 Å². The van der Waals surface area contributed by atoms with Crippen molar-refractivity contribution in [3.05, 3.63) is 72.3 Å². The van der Waals surface area contributed by atoms with Crippen LogP contribution in [-0.2, 0) is 6.42 Å². The second-order valence-corrected chi connectivity index (χ2v) is 4.49. The molecule has 0 aliphatic heterocycles. The number of aliphatic hydroxyl groups is 1. The quantitative estimate of drug-likeness (QED) is 0.777. The van der Waals surface area contributed by atoms with Gasteiger partial charge in [0.15, 0.2) is 0 Å². The molecule has 2 aromatic heterocycles. The van der Waals surface area contributed by atoms with Gasteiger partial charge in [0.05, 0.1) is 6.10 Å². The van der Waals surface area contributed by atoms with E-state index >= 15 is 0 Å². The average molecular weight is 250 g/mol. The molecule has 1 unspecified atom stereocenters. The number of hydrogen-bond acceptors (Lipinski definition) is 3. The largest absolute Gasteiger partial charge is 0.388 e. The first-order chi connectivity index (χ1) is 9.34. The van der Waals surface area contributed by atoms with Crippen LogP contribution < -0.4 is 0 Å². The maximum Gasteiger partial charge on any atom is 0.0851 e. The number of fused-ring (bicyclic) bond motifs is 1. The number of aromatic nitrogens is 2. The van der Waals surface area contributed by atoms with Crippen molar-refractivity contribution in [3.8, 4) is 0 Å². The van der Waals surface area contributed by atoms with Gasteiger partial charge < -0.3 is 5.11 Å². The second-order valence-electron chi connectivity index (χ2n) is 4.49. The van der Waals surface area contributed by atoms with Crippen molar-refractivity contribution in [1.82, 2.24) is 9.97 Å². The highest BCUT2D eigenvalue weighted by Gasteiger charge is 2.12. The fourth-order valence-electron chi connectivity index (χ4n) is 2.27. The lowest BCUT2D eigenvalue weighted by Gasteiger charge is -2.13. The molecule has 0 saturated heterocycles. The van der Waals surface area contributed by atoms with Gasteiger partial charge in [0.1, 0.15) is 0 Å². The lowest BCUT2D eigenvalue weighted by Crippen LogP contribution is -2.03. The minimum atomic E-state index is -0.555. The lowest BCUT2D eigenvalue weighted by atomic mass is 9.99. The van der Waals surface area contributed by atoms with Gasteiger partial charge in [0.25, 0.3) is 0 Å². The smallest absolute Gasteiger partial charge is 0.0851 e. The van der Waals surface area contributed by atoms with E-state index < -0.39 is 6.10 Å². The summed E-state index contributed by atoms with van der Waals surface area (Å²) >= 11 is 0. The SMILES string of the molecule is OC(Cc1ccccn1)c1cccc2cnccc12. The number of rotatable bonds is 3. The summed E-state index contributed by atoms with van der Waals surface area (Å²) < 4.78 is 0. The van der Waals surface area contributed by atoms with Gasteiger partial charge in [-0.25, -0.2) is 0 Å². The first kappa shape index (κ1) is 11.8. The van der Waals surface area contributed by atoms with Crippen LogP contribution in [0.5, 0.6) is 0 Å². The van der Waals surface area contributed by atoms with Crippen LogP contribution in [0.4, 0.5) is 0 Å². The van der Waals surface area contributed by atoms with Gasteiger partial charge in [-0.05, 0) is 29.1 Å². The molecule has 0 spiro atoms. The summed E-state index contributed by atoms with van der Waals surface area (Å²) in [4.78, 5) is 8.36. The van der Waals surface area contributed by atoms with Crippen LogP contribution in [-0.4, -0.2) is 15.1 Å². The van der Waals surface area contributed by atoms with E-state index in [2.05, 4.69) is 9.97 Å². The molecular weight excluding hydrogens is 236 g/mol. The topological polar surface area (TPSA) is 46.0 Å². The summed E-state index contributed by atoms with van der Waals surface area (Å²) in [7, 11) is 0. The molecule has 94 valence electrons. The molecule has 3 heteroatoms. The molecule has 1 N–H and O–H groups in total. The Kier molecular flexibility index (Phi) is 3.21. The highest BCUT2D eigenvalue weighted by Crippen LogP contribution is 2.25. The Hall–Kier alpha value is -2.26. The highest BCUT2D eigenvalue weighted by molar-refractivity contribution is 5.85. The Morgan fingerprint density at radius 1 is 1.00 bits per heavy atom. The fraction of sp³-hybridized carbons (Fsp3) is 0.125. The predicted molar refractivity (Wildman–Crippen MR) is 74.6 cm³/mol. The minimum Gasteiger partial charge on any atom is -0.388 e. The molecule has 0 bridgehead atoms. The third kappa shape index (κ3) is 2.46. The third-order valence-electron chi connectivity index (χ3n) is 3.20. The molecule has 0 aliphatic carbocycles. The number of aliphatic hydroxyl groups excluding tert-OH is 1. The summed E-state index contributed by atoms with van der Waals surface area (Å²) in [6, 6.07) is 13.6. The predicted octanol–water partition coefficient (Wildman–Crippen LogP) is 2.91. The van der Waals surface area contributed by atoms with Crippen LogP contribution in [0.2, 0.25) is 0 Å². The molecule has 1 aromatic carbocycles. The second kappa shape index (κ2) is 5.16. The molecule has 0 amide bonds. The van der Waals surface area contributed by atoms with E-state index in [1.807, 2.05) is 48.7 Å². The molecule has 0 fully saturated rings. The van der Waals surface area contributed by atoms with Crippen LogP contribution in [0, 0.1) is 0 Å². The summed E-state index contributed by atoms with van der Waals surface area (Å²) in [5.74, 6) is 0. The van der Waals surface area contributed by atoms with E-state index in [0.29, 0.717) is 6.42 Å². The van der Waals surface area contributed by atoms with E-state index in [1.165, 1.54) is 0 Å². The Morgan fingerprint density at radius 3 is 2.79 bits per heavy atom. The maximum absolute atomic E-state index is 10.4. The molecule has 1 atom stereocenters. The molecule has 3 nitrogen and oxygen atoms in total. The van der Waals surface area contributed by atoms with Crippen molar-refractivity contribution < 1.29 is 5.11 Å². The zero-order valence-electron chi connectivity index (χ0n) is 10.4. The average Bonchev–Trinajstić information content (AvgIpc) is 2.47. The van der Waals surface area contributed by atoms with Crippen molar-refractivity contribution in [2.45, 2.75) is 12.5 Å². The molecule has 0 radical (unpaired) electrons. The Bertz CT molecular complexity index is 677. The molecule has 19 heavy (non-hydrogen) atoms. The monoisotopic (exact) mass is 250 g/mol. The van der Waals surface area contributed by atoms with E-state index in [1.54, 1.807) is 12.4 Å². The van der Waals surface area contributed by atoms with Gasteiger partial charge in [-0.1, -0.05) is 24.3 Å². The maximum atomic E-state index is 10.4. The number of hydrogen-bond donors (Lipinski definition) is 1.